The fourth-order valence-electron chi connectivity index (χ4n) is 2.39. The van der Waals surface area contributed by atoms with E-state index in [4.69, 9.17) is 9.98 Å². The average Bonchev–Trinajstić information content (AvgIpc) is 2.51. The summed E-state index contributed by atoms with van der Waals surface area (Å²) in [4.78, 5) is 10.1. The van der Waals surface area contributed by atoms with Gasteiger partial charge in [0.15, 0.2) is 0 Å². The van der Waals surface area contributed by atoms with Gasteiger partial charge in [-0.15, -0.1) is 0 Å². The van der Waals surface area contributed by atoms with Crippen LogP contribution in [0.25, 0.3) is 0 Å². The van der Waals surface area contributed by atoms with Gasteiger partial charge in [-0.3, -0.25) is 9.98 Å². The Hall–Kier alpha value is -1.26. The predicted molar refractivity (Wildman–Crippen MR) is 121 cm³/mol. The lowest BCUT2D eigenvalue weighted by Crippen LogP contribution is -2.26. The Morgan fingerprint density at radius 2 is 0.846 bits per heavy atom. The zero-order valence-electron chi connectivity index (χ0n) is 16.3. The van der Waals surface area contributed by atoms with Crippen LogP contribution in [0.4, 0.5) is 0 Å². The van der Waals surface area contributed by atoms with Crippen LogP contribution in [0.5, 0.6) is 0 Å². The fraction of sp³-hybridized carbons (Fsp3) is 0.364. The van der Waals surface area contributed by atoms with Gasteiger partial charge in [-0.2, -0.15) is 0 Å². The summed E-state index contributed by atoms with van der Waals surface area (Å²) in [5.41, 5.74) is 3.54. The highest BCUT2D eigenvalue weighted by Gasteiger charge is 2.21. The molecule has 0 amide bonds. The second-order valence-electron chi connectivity index (χ2n) is 8.28. The second-order valence-corrected chi connectivity index (χ2v) is 10.1. The quantitative estimate of drug-likeness (QED) is 0.421. The highest BCUT2D eigenvalue weighted by atomic mass is 79.9. The molecule has 2 aromatic rings. The lowest BCUT2D eigenvalue weighted by Gasteiger charge is -2.22. The molecule has 0 bridgehead atoms. The molecule has 0 aromatic heterocycles. The molecule has 0 atom stereocenters. The second kappa shape index (κ2) is 8.18. The summed E-state index contributed by atoms with van der Waals surface area (Å²) < 4.78 is 2.10. The van der Waals surface area contributed by atoms with Crippen molar-refractivity contribution in [2.45, 2.75) is 52.6 Å². The Balaban J connectivity index is 2.73. The molecule has 0 aliphatic heterocycles. The van der Waals surface area contributed by atoms with E-state index in [1.807, 2.05) is 24.3 Å². The first kappa shape index (κ1) is 21.0. The molecule has 138 valence electrons. The van der Waals surface area contributed by atoms with E-state index in [2.05, 4.69) is 97.7 Å². The molecular formula is C22H26Br2N2. The van der Waals surface area contributed by atoms with Gasteiger partial charge < -0.3 is 0 Å². The largest absolute Gasteiger partial charge is 0.277 e. The van der Waals surface area contributed by atoms with Crippen molar-refractivity contribution in [3.05, 3.63) is 68.6 Å². The fourth-order valence-corrected chi connectivity index (χ4v) is 2.92. The number of aliphatic imine (C=N–C) groups is 2. The van der Waals surface area contributed by atoms with E-state index in [-0.39, 0.29) is 11.1 Å². The molecule has 0 saturated heterocycles. The minimum atomic E-state index is -0.212. The van der Waals surface area contributed by atoms with Crippen LogP contribution in [-0.2, 0) is 0 Å². The van der Waals surface area contributed by atoms with Crippen LogP contribution < -0.4 is 0 Å². The first-order valence-electron chi connectivity index (χ1n) is 8.67. The smallest absolute Gasteiger partial charge is 0.0911 e. The van der Waals surface area contributed by atoms with Crippen molar-refractivity contribution < 1.29 is 0 Å². The molecule has 2 aromatic carbocycles. The maximum Gasteiger partial charge on any atom is 0.0911 e. The molecular weight excluding hydrogens is 452 g/mol. The van der Waals surface area contributed by atoms with Crippen molar-refractivity contribution >= 4 is 43.3 Å². The van der Waals surface area contributed by atoms with Gasteiger partial charge in [0, 0.05) is 20.1 Å². The molecule has 0 N–H and O–H groups in total. The Labute approximate surface area is 174 Å². The number of halogens is 2. The Kier molecular flexibility index (Phi) is 6.62. The van der Waals surface area contributed by atoms with Crippen LogP contribution in [-0.4, -0.2) is 22.5 Å². The van der Waals surface area contributed by atoms with E-state index in [9.17, 15) is 0 Å². The number of hydrogen-bond acceptors (Lipinski definition) is 2. The maximum absolute atomic E-state index is 5.05. The number of benzene rings is 2. The summed E-state index contributed by atoms with van der Waals surface area (Å²) in [5, 5.41) is 0. The average molecular weight is 478 g/mol. The third-order valence-corrected chi connectivity index (χ3v) is 4.41. The third-order valence-electron chi connectivity index (χ3n) is 3.35. The van der Waals surface area contributed by atoms with Gasteiger partial charge in [-0.25, -0.2) is 0 Å². The first-order valence-corrected chi connectivity index (χ1v) is 10.3. The molecule has 4 heteroatoms. The third kappa shape index (κ3) is 6.48. The zero-order valence-corrected chi connectivity index (χ0v) is 19.4. The van der Waals surface area contributed by atoms with E-state index in [1.54, 1.807) is 0 Å². The maximum atomic E-state index is 5.05. The van der Waals surface area contributed by atoms with Gasteiger partial charge in [-0.1, -0.05) is 56.1 Å². The monoisotopic (exact) mass is 476 g/mol. The van der Waals surface area contributed by atoms with Crippen molar-refractivity contribution in [3.8, 4) is 0 Å². The van der Waals surface area contributed by atoms with Gasteiger partial charge in [0.1, 0.15) is 0 Å². The Morgan fingerprint density at radius 1 is 0.577 bits per heavy atom. The molecule has 2 rings (SSSR count). The molecule has 0 radical (unpaired) electrons. The number of hydrogen-bond donors (Lipinski definition) is 0. The first-order chi connectivity index (χ1) is 11.9. The minimum absolute atomic E-state index is 0.212. The van der Waals surface area contributed by atoms with Crippen LogP contribution in [0.1, 0.15) is 52.7 Å². The lowest BCUT2D eigenvalue weighted by molar-refractivity contribution is 0.579. The summed E-state index contributed by atoms with van der Waals surface area (Å²) in [6, 6.07) is 16.5. The van der Waals surface area contributed by atoms with Crippen molar-refractivity contribution in [1.29, 1.82) is 0 Å². The summed E-state index contributed by atoms with van der Waals surface area (Å²) in [6.07, 6.45) is 0. The molecule has 0 heterocycles. The van der Waals surface area contributed by atoms with E-state index < -0.39 is 0 Å². The van der Waals surface area contributed by atoms with Gasteiger partial charge in [0.05, 0.1) is 22.5 Å². The highest BCUT2D eigenvalue weighted by Crippen LogP contribution is 2.21. The van der Waals surface area contributed by atoms with Crippen LogP contribution in [0.15, 0.2) is 67.5 Å². The molecule has 0 aliphatic rings. The van der Waals surface area contributed by atoms with Crippen LogP contribution in [0, 0.1) is 0 Å². The van der Waals surface area contributed by atoms with Gasteiger partial charge in [-0.05, 0) is 65.8 Å². The van der Waals surface area contributed by atoms with Gasteiger partial charge in [0.25, 0.3) is 0 Å². The van der Waals surface area contributed by atoms with Crippen LogP contribution in [0.2, 0.25) is 0 Å². The van der Waals surface area contributed by atoms with E-state index >= 15 is 0 Å². The molecule has 0 unspecified atom stereocenters. The van der Waals surface area contributed by atoms with Crippen LogP contribution in [0.3, 0.4) is 0 Å². The van der Waals surface area contributed by atoms with Crippen molar-refractivity contribution in [3.63, 3.8) is 0 Å². The van der Waals surface area contributed by atoms with Crippen molar-refractivity contribution in [2.75, 3.05) is 0 Å². The molecule has 0 spiro atoms. The van der Waals surface area contributed by atoms with Gasteiger partial charge in [0.2, 0.25) is 0 Å². The molecule has 0 fully saturated rings. The summed E-state index contributed by atoms with van der Waals surface area (Å²) in [7, 11) is 0. The summed E-state index contributed by atoms with van der Waals surface area (Å²) in [6.45, 7) is 12.7. The minimum Gasteiger partial charge on any atom is -0.277 e. The summed E-state index contributed by atoms with van der Waals surface area (Å²) in [5.74, 6) is 0. The Bertz CT molecular complexity index is 732. The standard InChI is InChI=1S/C22H26Br2N2/c1-21(2,3)25-19(15-7-11-17(23)12-8-15)20(26-22(4,5)6)16-9-13-18(24)14-10-16/h7-14H,1-6H3. The zero-order chi connectivity index (χ0) is 19.5. The van der Waals surface area contributed by atoms with E-state index in [0.29, 0.717) is 0 Å². The molecule has 26 heavy (non-hydrogen) atoms. The Morgan fingerprint density at radius 3 is 1.08 bits per heavy atom. The van der Waals surface area contributed by atoms with Crippen LogP contribution >= 0.6 is 31.9 Å². The predicted octanol–water partition coefficient (Wildman–Crippen LogP) is 7.09. The summed E-state index contributed by atoms with van der Waals surface area (Å²) >= 11 is 7.04. The molecule has 0 saturated carbocycles. The van der Waals surface area contributed by atoms with Crippen molar-refractivity contribution in [2.24, 2.45) is 9.98 Å². The van der Waals surface area contributed by atoms with E-state index in [0.717, 1.165) is 31.5 Å². The molecule has 0 aliphatic carbocycles. The SMILES string of the molecule is CC(C)(C)N=C(C(=NC(C)(C)C)c1ccc(Br)cc1)c1ccc(Br)cc1. The molecule has 2 nitrogen and oxygen atoms in total. The topological polar surface area (TPSA) is 24.7 Å². The number of rotatable bonds is 3. The number of nitrogens with zero attached hydrogens (tertiary/aromatic N) is 2. The lowest BCUT2D eigenvalue weighted by atomic mass is 9.96. The van der Waals surface area contributed by atoms with E-state index in [1.165, 1.54) is 0 Å². The van der Waals surface area contributed by atoms with Gasteiger partial charge >= 0.3 is 0 Å². The normalized spacial score (nSPS) is 13.8. The van der Waals surface area contributed by atoms with Crippen molar-refractivity contribution in [1.82, 2.24) is 0 Å². The highest BCUT2D eigenvalue weighted by molar-refractivity contribution is 9.10.